The summed E-state index contributed by atoms with van der Waals surface area (Å²) in [4.78, 5) is 12.2. The number of carbonyl (C=O) groups is 1. The van der Waals surface area contributed by atoms with Crippen molar-refractivity contribution in [2.75, 3.05) is 0 Å². The molecule has 0 aromatic heterocycles. The van der Waals surface area contributed by atoms with Gasteiger partial charge in [0, 0.05) is 17.5 Å². The van der Waals surface area contributed by atoms with Gasteiger partial charge in [0.25, 0.3) is 5.91 Å². The largest absolute Gasteiger partial charge is 0.271 e. The van der Waals surface area contributed by atoms with E-state index >= 15 is 0 Å². The maximum atomic E-state index is 13.4. The van der Waals surface area contributed by atoms with Crippen LogP contribution in [0.25, 0.3) is 0 Å². The van der Waals surface area contributed by atoms with E-state index in [4.69, 9.17) is 0 Å². The number of hydrazone groups is 1. The zero-order chi connectivity index (χ0) is 14.7. The Bertz CT molecular complexity index is 548. The maximum absolute atomic E-state index is 13.4. The van der Waals surface area contributed by atoms with Crippen molar-refractivity contribution >= 4 is 12.1 Å². The van der Waals surface area contributed by atoms with Crippen LogP contribution < -0.4 is 16.3 Å². The number of carbonyl (C=O) groups excluding carboxylic acids is 1. The van der Waals surface area contributed by atoms with E-state index in [-0.39, 0.29) is 17.8 Å². The zero-order valence-corrected chi connectivity index (χ0v) is 11.7. The SMILES string of the molecule is O=C(N/N=C\c1ccccc1F)C1NNC2CCCCC21. The molecule has 0 radical (unpaired) electrons. The number of fused-ring (bicyclic) bond motifs is 1. The topological polar surface area (TPSA) is 65.5 Å². The van der Waals surface area contributed by atoms with Gasteiger partial charge in [-0.3, -0.25) is 10.2 Å². The minimum absolute atomic E-state index is 0.176. The van der Waals surface area contributed by atoms with Crippen LogP contribution in [0.1, 0.15) is 31.2 Å². The molecule has 1 aromatic carbocycles. The van der Waals surface area contributed by atoms with Crippen molar-refractivity contribution in [3.8, 4) is 0 Å². The van der Waals surface area contributed by atoms with E-state index in [9.17, 15) is 9.18 Å². The van der Waals surface area contributed by atoms with Gasteiger partial charge in [-0.25, -0.2) is 15.2 Å². The zero-order valence-electron chi connectivity index (χ0n) is 11.7. The molecule has 1 saturated heterocycles. The predicted octanol–water partition coefficient (Wildman–Crippen LogP) is 1.31. The quantitative estimate of drug-likeness (QED) is 0.581. The minimum Gasteiger partial charge on any atom is -0.271 e. The fourth-order valence-electron chi connectivity index (χ4n) is 3.12. The summed E-state index contributed by atoms with van der Waals surface area (Å²) >= 11 is 0. The number of rotatable bonds is 3. The summed E-state index contributed by atoms with van der Waals surface area (Å²) in [6, 6.07) is 6.40. The van der Waals surface area contributed by atoms with Crippen LogP contribution in [0.5, 0.6) is 0 Å². The molecule has 3 N–H and O–H groups in total. The number of amides is 1. The van der Waals surface area contributed by atoms with Crippen LogP contribution in [-0.4, -0.2) is 24.2 Å². The molecule has 3 unspecified atom stereocenters. The van der Waals surface area contributed by atoms with E-state index in [1.807, 2.05) is 0 Å². The molecule has 3 atom stereocenters. The van der Waals surface area contributed by atoms with Crippen molar-refractivity contribution < 1.29 is 9.18 Å². The molecule has 1 amide bonds. The van der Waals surface area contributed by atoms with Crippen molar-refractivity contribution in [3.63, 3.8) is 0 Å². The lowest BCUT2D eigenvalue weighted by Crippen LogP contribution is -2.44. The number of nitrogens with zero attached hydrogens (tertiary/aromatic N) is 1. The molecular weight excluding hydrogens is 271 g/mol. The fourth-order valence-corrected chi connectivity index (χ4v) is 3.12. The van der Waals surface area contributed by atoms with E-state index in [1.54, 1.807) is 18.2 Å². The highest BCUT2D eigenvalue weighted by Crippen LogP contribution is 2.29. The lowest BCUT2D eigenvalue weighted by atomic mass is 9.81. The second-order valence-corrected chi connectivity index (χ2v) is 5.58. The van der Waals surface area contributed by atoms with E-state index in [2.05, 4.69) is 21.4 Å². The van der Waals surface area contributed by atoms with Gasteiger partial charge in [-0.15, -0.1) is 0 Å². The maximum Gasteiger partial charge on any atom is 0.258 e. The summed E-state index contributed by atoms with van der Waals surface area (Å²) in [5.74, 6) is -0.226. The van der Waals surface area contributed by atoms with Gasteiger partial charge in [-0.2, -0.15) is 5.10 Å². The van der Waals surface area contributed by atoms with Crippen LogP contribution in [-0.2, 0) is 4.79 Å². The first kappa shape index (κ1) is 14.2. The third-order valence-electron chi connectivity index (χ3n) is 4.24. The van der Waals surface area contributed by atoms with Crippen LogP contribution in [0.15, 0.2) is 29.4 Å². The number of hydrazine groups is 1. The van der Waals surface area contributed by atoms with Gasteiger partial charge in [0.1, 0.15) is 11.9 Å². The van der Waals surface area contributed by atoms with E-state index in [1.165, 1.54) is 18.7 Å². The molecule has 1 aromatic rings. The van der Waals surface area contributed by atoms with Crippen molar-refractivity contribution in [3.05, 3.63) is 35.6 Å². The molecular formula is C15H19FN4O. The van der Waals surface area contributed by atoms with Gasteiger partial charge in [0.2, 0.25) is 0 Å². The van der Waals surface area contributed by atoms with Gasteiger partial charge in [-0.1, -0.05) is 31.0 Å². The van der Waals surface area contributed by atoms with Gasteiger partial charge in [0.15, 0.2) is 0 Å². The summed E-state index contributed by atoms with van der Waals surface area (Å²) in [6.45, 7) is 0. The van der Waals surface area contributed by atoms with Gasteiger partial charge >= 0.3 is 0 Å². The number of halogens is 1. The highest BCUT2D eigenvalue weighted by atomic mass is 19.1. The Hall–Kier alpha value is -1.79. The number of nitrogens with one attached hydrogen (secondary N) is 3. The normalized spacial score (nSPS) is 28.5. The molecule has 112 valence electrons. The summed E-state index contributed by atoms with van der Waals surface area (Å²) in [6.07, 6.45) is 5.83. The average Bonchev–Trinajstić information content (AvgIpc) is 2.93. The summed E-state index contributed by atoms with van der Waals surface area (Å²) in [5, 5.41) is 3.85. The third kappa shape index (κ3) is 3.11. The Morgan fingerprint density at radius 1 is 1.29 bits per heavy atom. The monoisotopic (exact) mass is 290 g/mol. The highest BCUT2D eigenvalue weighted by Gasteiger charge is 2.40. The first-order chi connectivity index (χ1) is 10.3. The third-order valence-corrected chi connectivity index (χ3v) is 4.24. The lowest BCUT2D eigenvalue weighted by Gasteiger charge is -2.26. The van der Waals surface area contributed by atoms with E-state index in [0.29, 0.717) is 17.5 Å². The second kappa shape index (κ2) is 6.32. The minimum atomic E-state index is -0.358. The van der Waals surface area contributed by atoms with Crippen LogP contribution in [0, 0.1) is 11.7 Å². The molecule has 1 aliphatic carbocycles. The van der Waals surface area contributed by atoms with Crippen molar-refractivity contribution in [1.29, 1.82) is 0 Å². The van der Waals surface area contributed by atoms with Crippen LogP contribution in [0.3, 0.4) is 0 Å². The lowest BCUT2D eigenvalue weighted by molar-refractivity contribution is -0.123. The number of benzene rings is 1. The van der Waals surface area contributed by atoms with Crippen molar-refractivity contribution in [2.24, 2.45) is 11.0 Å². The summed E-state index contributed by atoms with van der Waals surface area (Å²) < 4.78 is 13.4. The van der Waals surface area contributed by atoms with Crippen molar-refractivity contribution in [2.45, 2.75) is 37.8 Å². The van der Waals surface area contributed by atoms with E-state index < -0.39 is 0 Å². The highest BCUT2D eigenvalue weighted by molar-refractivity contribution is 5.85. The molecule has 1 aliphatic heterocycles. The molecule has 0 bridgehead atoms. The fraction of sp³-hybridized carbons (Fsp3) is 0.467. The smallest absolute Gasteiger partial charge is 0.258 e. The van der Waals surface area contributed by atoms with Gasteiger partial charge in [-0.05, 0) is 18.9 Å². The van der Waals surface area contributed by atoms with Crippen LogP contribution in [0.4, 0.5) is 4.39 Å². The first-order valence-corrected chi connectivity index (χ1v) is 7.34. The molecule has 2 aliphatic rings. The molecule has 6 heteroatoms. The Morgan fingerprint density at radius 3 is 2.95 bits per heavy atom. The van der Waals surface area contributed by atoms with Crippen LogP contribution in [0.2, 0.25) is 0 Å². The molecule has 3 rings (SSSR count). The molecule has 0 spiro atoms. The second-order valence-electron chi connectivity index (χ2n) is 5.58. The summed E-state index contributed by atoms with van der Waals surface area (Å²) in [5.41, 5.74) is 9.08. The Kier molecular flexibility index (Phi) is 4.26. The molecule has 1 saturated carbocycles. The Labute approximate surface area is 123 Å². The molecule has 5 nitrogen and oxygen atoms in total. The number of hydrogen-bond acceptors (Lipinski definition) is 4. The van der Waals surface area contributed by atoms with E-state index in [0.717, 1.165) is 19.3 Å². The van der Waals surface area contributed by atoms with Crippen LogP contribution >= 0.6 is 0 Å². The molecule has 21 heavy (non-hydrogen) atoms. The molecule has 1 heterocycles. The average molecular weight is 290 g/mol. The summed E-state index contributed by atoms with van der Waals surface area (Å²) in [7, 11) is 0. The van der Waals surface area contributed by atoms with Crippen molar-refractivity contribution in [1.82, 2.24) is 16.3 Å². The Morgan fingerprint density at radius 2 is 2.10 bits per heavy atom. The predicted molar refractivity (Wildman–Crippen MR) is 77.9 cm³/mol. The number of hydrogen-bond donors (Lipinski definition) is 3. The van der Waals surface area contributed by atoms with Gasteiger partial charge < -0.3 is 0 Å². The van der Waals surface area contributed by atoms with Gasteiger partial charge in [0.05, 0.1) is 6.21 Å². The first-order valence-electron chi connectivity index (χ1n) is 7.34. The molecule has 2 fully saturated rings. The standard InChI is InChI=1S/C15H19FN4O/c16-12-7-3-1-5-10(12)9-17-20-15(21)14-11-6-2-4-8-13(11)18-19-14/h1,3,5,7,9,11,13-14,18-19H,2,4,6,8H2,(H,20,21)/b17-9-. The Balaban J connectivity index is 1.58.